The molecule has 0 aromatic heterocycles. The molecular weight excluding hydrogens is 337 g/mol. The zero-order valence-corrected chi connectivity index (χ0v) is 15.3. The molecule has 2 rings (SSSR count). The molecule has 2 N–H and O–H groups in total. The molecular formula is C16H25Cl2N3O2. The quantitative estimate of drug-likeness (QED) is 0.846. The fourth-order valence-electron chi connectivity index (χ4n) is 2.77. The van der Waals surface area contributed by atoms with Gasteiger partial charge in [-0.2, -0.15) is 0 Å². The first-order valence-corrected chi connectivity index (χ1v) is 7.98. The van der Waals surface area contributed by atoms with Crippen LogP contribution in [-0.2, 0) is 4.79 Å². The van der Waals surface area contributed by atoms with E-state index in [0.717, 1.165) is 25.9 Å². The summed E-state index contributed by atoms with van der Waals surface area (Å²) in [5.74, 6) is 0.564. The number of ether oxygens (including phenoxy) is 1. The Bertz CT molecular complexity index is 528. The molecule has 1 aromatic rings. The third-order valence-electron chi connectivity index (χ3n) is 4.21. The number of methoxy groups -OCH3 is 1. The number of likely N-dealkylation sites (N-methyl/N-ethyl adjacent to an activating group) is 1. The van der Waals surface area contributed by atoms with E-state index in [2.05, 4.69) is 15.5 Å². The van der Waals surface area contributed by atoms with Crippen LogP contribution in [0, 0.1) is 0 Å². The predicted molar refractivity (Wildman–Crippen MR) is 97.0 cm³/mol. The minimum atomic E-state index is -0.195. The third kappa shape index (κ3) is 5.24. The Morgan fingerprint density at radius 2 is 2.22 bits per heavy atom. The Morgan fingerprint density at radius 1 is 1.48 bits per heavy atom. The maximum absolute atomic E-state index is 12.5. The van der Waals surface area contributed by atoms with Gasteiger partial charge in [0.15, 0.2) is 0 Å². The van der Waals surface area contributed by atoms with Crippen LogP contribution in [-0.4, -0.2) is 50.1 Å². The summed E-state index contributed by atoms with van der Waals surface area (Å²) >= 11 is 6.00. The minimum absolute atomic E-state index is 0. The molecule has 1 saturated heterocycles. The predicted octanol–water partition coefficient (Wildman–Crippen LogP) is 2.78. The summed E-state index contributed by atoms with van der Waals surface area (Å²) in [5.41, 5.74) is 0.606. The summed E-state index contributed by atoms with van der Waals surface area (Å²) < 4.78 is 5.26. The molecule has 1 aliphatic heterocycles. The minimum Gasteiger partial charge on any atom is -0.495 e. The van der Waals surface area contributed by atoms with Crippen LogP contribution in [0.4, 0.5) is 5.69 Å². The van der Waals surface area contributed by atoms with Crippen molar-refractivity contribution in [1.29, 1.82) is 0 Å². The van der Waals surface area contributed by atoms with Crippen molar-refractivity contribution in [1.82, 2.24) is 10.2 Å². The largest absolute Gasteiger partial charge is 0.495 e. The van der Waals surface area contributed by atoms with Crippen molar-refractivity contribution in [2.75, 3.05) is 32.6 Å². The number of rotatable bonds is 5. The first-order chi connectivity index (χ1) is 10.5. The first kappa shape index (κ1) is 20.0. The molecule has 0 aliphatic carbocycles. The van der Waals surface area contributed by atoms with Gasteiger partial charge in [-0.15, -0.1) is 12.4 Å². The van der Waals surface area contributed by atoms with Crippen molar-refractivity contribution in [3.05, 3.63) is 23.2 Å². The number of benzene rings is 1. The number of nitrogens with zero attached hydrogens (tertiary/aromatic N) is 1. The standard InChI is InChI=1S/C16H24ClN3O2.ClH/c1-11(20-8-4-5-13(10-20)18-2)16(21)19-14-9-12(17)6-7-15(14)22-3;/h6-7,9,11,13,18H,4-5,8,10H2,1-3H3,(H,19,21);1H. The lowest BCUT2D eigenvalue weighted by Gasteiger charge is -2.36. The number of nitrogens with one attached hydrogen (secondary N) is 2. The molecule has 7 heteroatoms. The molecule has 1 fully saturated rings. The molecule has 1 aromatic carbocycles. The molecule has 0 saturated carbocycles. The van der Waals surface area contributed by atoms with Crippen LogP contribution in [0.2, 0.25) is 5.02 Å². The summed E-state index contributed by atoms with van der Waals surface area (Å²) in [6.07, 6.45) is 2.26. The van der Waals surface area contributed by atoms with Gasteiger partial charge in [-0.3, -0.25) is 9.69 Å². The van der Waals surface area contributed by atoms with Crippen molar-refractivity contribution in [3.8, 4) is 5.75 Å². The number of hydrogen-bond acceptors (Lipinski definition) is 4. The van der Waals surface area contributed by atoms with Crippen molar-refractivity contribution >= 4 is 35.6 Å². The van der Waals surface area contributed by atoms with Crippen LogP contribution in [0.1, 0.15) is 19.8 Å². The molecule has 1 amide bonds. The van der Waals surface area contributed by atoms with E-state index in [9.17, 15) is 4.79 Å². The van der Waals surface area contributed by atoms with E-state index in [0.29, 0.717) is 22.5 Å². The van der Waals surface area contributed by atoms with E-state index < -0.39 is 0 Å². The van der Waals surface area contributed by atoms with Gasteiger partial charge in [0.1, 0.15) is 5.75 Å². The summed E-state index contributed by atoms with van der Waals surface area (Å²) in [6.45, 7) is 3.77. The highest BCUT2D eigenvalue weighted by molar-refractivity contribution is 6.31. The smallest absolute Gasteiger partial charge is 0.241 e. The zero-order chi connectivity index (χ0) is 16.1. The van der Waals surface area contributed by atoms with Crippen molar-refractivity contribution in [2.45, 2.75) is 31.8 Å². The van der Waals surface area contributed by atoms with E-state index in [1.165, 1.54) is 0 Å². The molecule has 23 heavy (non-hydrogen) atoms. The monoisotopic (exact) mass is 361 g/mol. The Kier molecular flexibility index (Phi) is 8.12. The lowest BCUT2D eigenvalue weighted by atomic mass is 10.0. The van der Waals surface area contributed by atoms with E-state index in [4.69, 9.17) is 16.3 Å². The second kappa shape index (κ2) is 9.33. The summed E-state index contributed by atoms with van der Waals surface area (Å²) in [6, 6.07) is 5.45. The third-order valence-corrected chi connectivity index (χ3v) is 4.44. The van der Waals surface area contributed by atoms with Gasteiger partial charge in [0.25, 0.3) is 0 Å². The molecule has 130 valence electrons. The molecule has 1 heterocycles. The fraction of sp³-hybridized carbons (Fsp3) is 0.562. The van der Waals surface area contributed by atoms with Crippen LogP contribution in [0.5, 0.6) is 5.75 Å². The number of carbonyl (C=O) groups is 1. The van der Waals surface area contributed by atoms with Gasteiger partial charge in [0.2, 0.25) is 5.91 Å². The Balaban J connectivity index is 0.00000264. The molecule has 0 bridgehead atoms. The highest BCUT2D eigenvalue weighted by Gasteiger charge is 2.27. The van der Waals surface area contributed by atoms with Crippen molar-refractivity contribution in [3.63, 3.8) is 0 Å². The number of anilines is 1. The number of piperidine rings is 1. The van der Waals surface area contributed by atoms with E-state index >= 15 is 0 Å². The van der Waals surface area contributed by atoms with Gasteiger partial charge < -0.3 is 15.4 Å². The maximum Gasteiger partial charge on any atom is 0.241 e. The SMILES string of the molecule is CNC1CCCN(C(C)C(=O)Nc2cc(Cl)ccc2OC)C1.Cl. The Hall–Kier alpha value is -1.01. The van der Waals surface area contributed by atoms with Crippen molar-refractivity contribution < 1.29 is 9.53 Å². The van der Waals surface area contributed by atoms with Crippen LogP contribution < -0.4 is 15.4 Å². The number of likely N-dealkylation sites (tertiary alicyclic amines) is 1. The lowest BCUT2D eigenvalue weighted by molar-refractivity contribution is -0.121. The average Bonchev–Trinajstić information content (AvgIpc) is 2.54. The average molecular weight is 362 g/mol. The summed E-state index contributed by atoms with van der Waals surface area (Å²) in [4.78, 5) is 14.7. The zero-order valence-electron chi connectivity index (χ0n) is 13.8. The highest BCUT2D eigenvalue weighted by Crippen LogP contribution is 2.28. The molecule has 2 unspecified atom stereocenters. The molecule has 5 nitrogen and oxygen atoms in total. The number of hydrogen-bond donors (Lipinski definition) is 2. The van der Waals surface area contributed by atoms with Crippen LogP contribution in [0.15, 0.2) is 18.2 Å². The van der Waals surface area contributed by atoms with E-state index in [1.54, 1.807) is 25.3 Å². The van der Waals surface area contributed by atoms with E-state index in [1.807, 2.05) is 14.0 Å². The van der Waals surface area contributed by atoms with Crippen LogP contribution in [0.25, 0.3) is 0 Å². The molecule has 0 spiro atoms. The topological polar surface area (TPSA) is 53.6 Å². The lowest BCUT2D eigenvalue weighted by Crippen LogP contribution is -2.51. The first-order valence-electron chi connectivity index (χ1n) is 7.61. The molecule has 2 atom stereocenters. The number of halogens is 2. The fourth-order valence-corrected chi connectivity index (χ4v) is 2.95. The Labute approximate surface area is 149 Å². The molecule has 0 radical (unpaired) electrons. The second-order valence-corrected chi connectivity index (χ2v) is 6.07. The van der Waals surface area contributed by atoms with Gasteiger partial charge in [0.05, 0.1) is 18.8 Å². The number of amides is 1. The maximum atomic E-state index is 12.5. The van der Waals surface area contributed by atoms with Gasteiger partial charge in [-0.1, -0.05) is 11.6 Å². The van der Waals surface area contributed by atoms with Crippen LogP contribution in [0.3, 0.4) is 0 Å². The Morgan fingerprint density at radius 3 is 2.87 bits per heavy atom. The summed E-state index contributed by atoms with van der Waals surface area (Å²) in [7, 11) is 3.54. The normalized spacial score (nSPS) is 19.6. The van der Waals surface area contributed by atoms with Gasteiger partial charge in [0, 0.05) is 17.6 Å². The summed E-state index contributed by atoms with van der Waals surface area (Å²) in [5, 5.41) is 6.78. The number of carbonyl (C=O) groups excluding carboxylic acids is 1. The van der Waals surface area contributed by atoms with Crippen molar-refractivity contribution in [2.24, 2.45) is 0 Å². The van der Waals surface area contributed by atoms with Gasteiger partial charge >= 0.3 is 0 Å². The van der Waals surface area contributed by atoms with Crippen LogP contribution >= 0.6 is 24.0 Å². The molecule has 1 aliphatic rings. The van der Waals surface area contributed by atoms with Gasteiger partial charge in [-0.25, -0.2) is 0 Å². The van der Waals surface area contributed by atoms with Gasteiger partial charge in [-0.05, 0) is 51.6 Å². The highest BCUT2D eigenvalue weighted by atomic mass is 35.5. The second-order valence-electron chi connectivity index (χ2n) is 5.63. The van der Waals surface area contributed by atoms with E-state index in [-0.39, 0.29) is 24.4 Å².